The van der Waals surface area contributed by atoms with Gasteiger partial charge < -0.3 is 15.8 Å². The molecule has 0 atom stereocenters. The number of pyridine rings is 1. The maximum absolute atomic E-state index is 5.64. The molecule has 0 saturated heterocycles. The first kappa shape index (κ1) is 6.27. The molecule has 4 nitrogen and oxygen atoms in total. The van der Waals surface area contributed by atoms with E-state index < -0.39 is 0 Å². The second kappa shape index (κ2) is 2.30. The molecule has 2 heterocycles. The highest BCUT2D eigenvalue weighted by atomic mass is 16.5. The van der Waals surface area contributed by atoms with E-state index in [0.29, 0.717) is 18.0 Å². The Morgan fingerprint density at radius 2 is 2.55 bits per heavy atom. The van der Waals surface area contributed by atoms with Gasteiger partial charge in [0.25, 0.3) is 0 Å². The summed E-state index contributed by atoms with van der Waals surface area (Å²) < 4.78 is 5.30. The van der Waals surface area contributed by atoms with Crippen LogP contribution in [0.15, 0.2) is 12.3 Å². The molecule has 0 saturated carbocycles. The molecular weight excluding hydrogens is 142 g/mol. The van der Waals surface area contributed by atoms with E-state index >= 15 is 0 Å². The number of hydrogen-bond acceptors (Lipinski definition) is 4. The van der Waals surface area contributed by atoms with Gasteiger partial charge in [-0.05, 0) is 6.07 Å². The average molecular weight is 151 g/mol. The van der Waals surface area contributed by atoms with Crippen molar-refractivity contribution in [2.45, 2.75) is 0 Å². The zero-order valence-corrected chi connectivity index (χ0v) is 6.00. The van der Waals surface area contributed by atoms with Gasteiger partial charge >= 0.3 is 0 Å². The van der Waals surface area contributed by atoms with Crippen molar-refractivity contribution in [2.24, 2.45) is 0 Å². The van der Waals surface area contributed by atoms with Gasteiger partial charge in [0.1, 0.15) is 6.61 Å². The van der Waals surface area contributed by atoms with Crippen LogP contribution < -0.4 is 15.8 Å². The van der Waals surface area contributed by atoms with Gasteiger partial charge in [0.15, 0.2) is 11.6 Å². The van der Waals surface area contributed by atoms with E-state index in [9.17, 15) is 0 Å². The van der Waals surface area contributed by atoms with Crippen LogP contribution in [-0.2, 0) is 0 Å². The van der Waals surface area contributed by atoms with Crippen LogP contribution >= 0.6 is 0 Å². The molecule has 4 heteroatoms. The highest BCUT2D eigenvalue weighted by Crippen LogP contribution is 2.30. The Kier molecular flexibility index (Phi) is 1.31. The fourth-order valence-corrected chi connectivity index (χ4v) is 1.06. The highest BCUT2D eigenvalue weighted by molar-refractivity contribution is 5.65. The van der Waals surface area contributed by atoms with E-state index in [-0.39, 0.29) is 0 Å². The molecule has 2 rings (SSSR count). The number of aromatic nitrogens is 1. The summed E-state index contributed by atoms with van der Waals surface area (Å²) in [5, 5.41) is 3.09. The number of nitrogens with one attached hydrogen (secondary N) is 1. The third-order valence-corrected chi connectivity index (χ3v) is 1.58. The van der Waals surface area contributed by atoms with Gasteiger partial charge in [0.2, 0.25) is 0 Å². The zero-order valence-electron chi connectivity index (χ0n) is 6.00. The number of rotatable bonds is 0. The number of anilines is 2. The molecule has 0 unspecified atom stereocenters. The van der Waals surface area contributed by atoms with E-state index in [2.05, 4.69) is 10.3 Å². The van der Waals surface area contributed by atoms with Crippen molar-refractivity contribution < 1.29 is 4.74 Å². The van der Waals surface area contributed by atoms with Crippen molar-refractivity contribution in [1.82, 2.24) is 4.98 Å². The van der Waals surface area contributed by atoms with Crippen molar-refractivity contribution in [3.05, 3.63) is 12.3 Å². The molecule has 0 bridgehead atoms. The van der Waals surface area contributed by atoms with Crippen LogP contribution in [0.5, 0.6) is 5.75 Å². The fourth-order valence-electron chi connectivity index (χ4n) is 1.06. The van der Waals surface area contributed by atoms with Crippen molar-refractivity contribution in [1.29, 1.82) is 0 Å². The Hall–Kier alpha value is -1.45. The smallest absolute Gasteiger partial charge is 0.184 e. The standard InChI is InChI=1S/C7H9N3O/c8-5-1-2-9-7-6(5)11-4-3-10-7/h1-2H,3-4H2,(H3,8,9,10). The number of fused-ring (bicyclic) bond motifs is 1. The summed E-state index contributed by atoms with van der Waals surface area (Å²) in [6.45, 7) is 1.45. The van der Waals surface area contributed by atoms with Gasteiger partial charge in [-0.15, -0.1) is 0 Å². The Balaban J connectivity index is 2.49. The molecule has 0 amide bonds. The van der Waals surface area contributed by atoms with Crippen LogP contribution in [0.25, 0.3) is 0 Å². The first-order valence-corrected chi connectivity index (χ1v) is 3.49. The molecule has 0 aromatic carbocycles. The Labute approximate surface area is 64.4 Å². The zero-order chi connectivity index (χ0) is 7.68. The molecule has 0 fully saturated rings. The molecule has 1 aliphatic rings. The van der Waals surface area contributed by atoms with E-state index in [1.54, 1.807) is 12.3 Å². The molecule has 0 aliphatic carbocycles. The third kappa shape index (κ3) is 0.960. The van der Waals surface area contributed by atoms with Gasteiger partial charge in [-0.1, -0.05) is 0 Å². The summed E-state index contributed by atoms with van der Waals surface area (Å²) in [5.41, 5.74) is 6.28. The maximum atomic E-state index is 5.64. The minimum Gasteiger partial charge on any atom is -0.486 e. The Morgan fingerprint density at radius 3 is 3.36 bits per heavy atom. The summed E-state index contributed by atoms with van der Waals surface area (Å²) in [5.74, 6) is 1.43. The van der Waals surface area contributed by atoms with Crippen LogP contribution in [0.3, 0.4) is 0 Å². The predicted octanol–water partition coefficient (Wildman–Crippen LogP) is 0.468. The molecule has 11 heavy (non-hydrogen) atoms. The maximum Gasteiger partial charge on any atom is 0.184 e. The van der Waals surface area contributed by atoms with E-state index in [0.717, 1.165) is 12.4 Å². The fraction of sp³-hybridized carbons (Fsp3) is 0.286. The summed E-state index contributed by atoms with van der Waals surface area (Å²) in [7, 11) is 0. The number of nitrogens with zero attached hydrogens (tertiary/aromatic N) is 1. The molecule has 0 radical (unpaired) electrons. The lowest BCUT2D eigenvalue weighted by atomic mass is 10.3. The quantitative estimate of drug-likeness (QED) is 0.565. The van der Waals surface area contributed by atoms with Gasteiger partial charge in [-0.2, -0.15) is 0 Å². The third-order valence-electron chi connectivity index (χ3n) is 1.58. The normalized spacial score (nSPS) is 14.5. The largest absolute Gasteiger partial charge is 0.486 e. The number of ether oxygens (including phenoxy) is 1. The van der Waals surface area contributed by atoms with Crippen LogP contribution in [0, 0.1) is 0 Å². The number of nitrogens with two attached hydrogens (primary N) is 1. The van der Waals surface area contributed by atoms with Gasteiger partial charge in [0, 0.05) is 6.20 Å². The molecule has 1 aliphatic heterocycles. The van der Waals surface area contributed by atoms with Crippen LogP contribution in [0.4, 0.5) is 11.5 Å². The predicted molar refractivity (Wildman–Crippen MR) is 42.6 cm³/mol. The summed E-state index contributed by atoms with van der Waals surface area (Å²) >= 11 is 0. The van der Waals surface area contributed by atoms with Crippen molar-refractivity contribution in [3.63, 3.8) is 0 Å². The molecule has 58 valence electrons. The monoisotopic (exact) mass is 151 g/mol. The first-order valence-electron chi connectivity index (χ1n) is 3.49. The van der Waals surface area contributed by atoms with Gasteiger partial charge in [-0.25, -0.2) is 4.98 Å². The molecule has 0 spiro atoms. The number of nitrogen functional groups attached to an aromatic ring is 1. The second-order valence-electron chi connectivity index (χ2n) is 2.35. The van der Waals surface area contributed by atoms with Gasteiger partial charge in [-0.3, -0.25) is 0 Å². The van der Waals surface area contributed by atoms with Crippen molar-refractivity contribution in [3.8, 4) is 5.75 Å². The first-order chi connectivity index (χ1) is 5.38. The highest BCUT2D eigenvalue weighted by Gasteiger charge is 2.12. The van der Waals surface area contributed by atoms with Crippen molar-refractivity contribution >= 4 is 11.5 Å². The summed E-state index contributed by atoms with van der Waals surface area (Å²) in [6, 6.07) is 1.73. The molecule has 1 aromatic heterocycles. The minimum absolute atomic E-state index is 0.641. The molecule has 1 aromatic rings. The SMILES string of the molecule is Nc1ccnc2c1OCCN2. The average Bonchev–Trinajstić information content (AvgIpc) is 2.06. The molecule has 3 N–H and O–H groups in total. The number of hydrogen-bond donors (Lipinski definition) is 2. The van der Waals surface area contributed by atoms with E-state index in [1.165, 1.54) is 0 Å². The lowest BCUT2D eigenvalue weighted by Gasteiger charge is -2.18. The second-order valence-corrected chi connectivity index (χ2v) is 2.35. The topological polar surface area (TPSA) is 60.2 Å². The lowest BCUT2D eigenvalue weighted by Crippen LogP contribution is -2.19. The van der Waals surface area contributed by atoms with Crippen LogP contribution in [0.1, 0.15) is 0 Å². The van der Waals surface area contributed by atoms with E-state index in [4.69, 9.17) is 10.5 Å². The minimum atomic E-state index is 0.641. The van der Waals surface area contributed by atoms with Crippen molar-refractivity contribution in [2.75, 3.05) is 24.2 Å². The van der Waals surface area contributed by atoms with Crippen LogP contribution in [-0.4, -0.2) is 18.1 Å². The Bertz CT molecular complexity index is 274. The Morgan fingerprint density at radius 1 is 1.64 bits per heavy atom. The summed E-state index contributed by atoms with van der Waals surface area (Å²) in [4.78, 5) is 4.06. The summed E-state index contributed by atoms with van der Waals surface area (Å²) in [6.07, 6.45) is 1.66. The van der Waals surface area contributed by atoms with Gasteiger partial charge in [0.05, 0.1) is 12.2 Å². The van der Waals surface area contributed by atoms with E-state index in [1.807, 2.05) is 0 Å². The lowest BCUT2D eigenvalue weighted by molar-refractivity contribution is 0.323. The molecular formula is C7H9N3O. The van der Waals surface area contributed by atoms with Crippen LogP contribution in [0.2, 0.25) is 0 Å².